The summed E-state index contributed by atoms with van der Waals surface area (Å²) in [6, 6.07) is 7.93. The fourth-order valence-corrected chi connectivity index (χ4v) is 1.87. The number of aryl methyl sites for hydroxylation is 1. The zero-order valence-electron chi connectivity index (χ0n) is 11.6. The van der Waals surface area contributed by atoms with E-state index in [-0.39, 0.29) is 0 Å². The number of aromatic nitrogens is 2. The first-order valence-electron chi connectivity index (χ1n) is 6.84. The Balaban J connectivity index is 2.02. The lowest BCUT2D eigenvalue weighted by atomic mass is 10.3. The van der Waals surface area contributed by atoms with Crippen LogP contribution in [0.2, 0.25) is 0 Å². The minimum absolute atomic E-state index is 0.689. The van der Waals surface area contributed by atoms with E-state index in [0.717, 1.165) is 30.4 Å². The number of nitrogens with one attached hydrogen (secondary N) is 1. The predicted octanol–water partition coefficient (Wildman–Crippen LogP) is 3.83. The summed E-state index contributed by atoms with van der Waals surface area (Å²) in [4.78, 5) is 4.34. The largest absolute Gasteiger partial charge is 0.494 e. The first-order valence-corrected chi connectivity index (χ1v) is 6.84. The Kier molecular flexibility index (Phi) is 4.84. The van der Waals surface area contributed by atoms with Gasteiger partial charge < -0.3 is 14.6 Å². The van der Waals surface area contributed by atoms with Gasteiger partial charge in [-0.2, -0.15) is 0 Å². The van der Waals surface area contributed by atoms with Crippen molar-refractivity contribution in [2.45, 2.75) is 33.2 Å². The van der Waals surface area contributed by atoms with Gasteiger partial charge >= 0.3 is 0 Å². The molecule has 102 valence electrons. The number of imidazole rings is 1. The van der Waals surface area contributed by atoms with Crippen LogP contribution >= 0.6 is 0 Å². The third-order valence-corrected chi connectivity index (χ3v) is 2.89. The average Bonchev–Trinajstić information content (AvgIpc) is 2.86. The van der Waals surface area contributed by atoms with Gasteiger partial charge in [0.05, 0.1) is 6.61 Å². The Bertz CT molecular complexity index is 490. The summed E-state index contributed by atoms with van der Waals surface area (Å²) in [5, 5.41) is 3.33. The van der Waals surface area contributed by atoms with Crippen LogP contribution < -0.4 is 10.1 Å². The summed E-state index contributed by atoms with van der Waals surface area (Å²) in [5.41, 5.74) is 1.02. The summed E-state index contributed by atoms with van der Waals surface area (Å²) in [6.07, 6.45) is 6.17. The van der Waals surface area contributed by atoms with Crippen LogP contribution in [0.1, 0.15) is 26.7 Å². The molecule has 1 aromatic heterocycles. The molecule has 0 spiro atoms. The molecule has 0 aliphatic heterocycles. The Morgan fingerprint density at radius 2 is 2.00 bits per heavy atom. The van der Waals surface area contributed by atoms with Crippen LogP contribution in [-0.4, -0.2) is 16.2 Å². The molecule has 2 aromatic rings. The van der Waals surface area contributed by atoms with E-state index in [4.69, 9.17) is 4.74 Å². The molecule has 0 amide bonds. The summed E-state index contributed by atoms with van der Waals surface area (Å²) in [6.45, 7) is 5.86. The first kappa shape index (κ1) is 13.5. The first-order chi connectivity index (χ1) is 9.33. The smallest absolute Gasteiger partial charge is 0.207 e. The summed E-state index contributed by atoms with van der Waals surface area (Å²) in [7, 11) is 0. The summed E-state index contributed by atoms with van der Waals surface area (Å²) >= 11 is 0. The van der Waals surface area contributed by atoms with Crippen LogP contribution in [0.3, 0.4) is 0 Å². The van der Waals surface area contributed by atoms with Crippen LogP contribution in [0.25, 0.3) is 0 Å². The highest BCUT2D eigenvalue weighted by Crippen LogP contribution is 2.19. The second kappa shape index (κ2) is 6.83. The van der Waals surface area contributed by atoms with Gasteiger partial charge in [-0.1, -0.05) is 13.3 Å². The van der Waals surface area contributed by atoms with Crippen molar-refractivity contribution in [3.05, 3.63) is 36.7 Å². The second-order valence-electron chi connectivity index (χ2n) is 4.38. The Morgan fingerprint density at radius 1 is 1.21 bits per heavy atom. The van der Waals surface area contributed by atoms with Crippen molar-refractivity contribution in [2.75, 3.05) is 11.9 Å². The van der Waals surface area contributed by atoms with Crippen LogP contribution in [0, 0.1) is 0 Å². The quantitative estimate of drug-likeness (QED) is 0.821. The highest BCUT2D eigenvalue weighted by molar-refractivity contribution is 5.54. The van der Waals surface area contributed by atoms with Gasteiger partial charge in [-0.05, 0) is 37.6 Å². The minimum Gasteiger partial charge on any atom is -0.494 e. The maximum absolute atomic E-state index is 5.42. The number of hydrogen-bond donors (Lipinski definition) is 1. The molecular weight excluding hydrogens is 238 g/mol. The van der Waals surface area contributed by atoms with Gasteiger partial charge in [-0.15, -0.1) is 0 Å². The molecule has 2 rings (SSSR count). The number of ether oxygens (including phenoxy) is 1. The van der Waals surface area contributed by atoms with Crippen molar-refractivity contribution in [3.63, 3.8) is 0 Å². The van der Waals surface area contributed by atoms with E-state index >= 15 is 0 Å². The lowest BCUT2D eigenvalue weighted by molar-refractivity contribution is 0.340. The van der Waals surface area contributed by atoms with Gasteiger partial charge in [0, 0.05) is 24.6 Å². The Hall–Kier alpha value is -1.97. The van der Waals surface area contributed by atoms with E-state index in [1.807, 2.05) is 43.6 Å². The second-order valence-corrected chi connectivity index (χ2v) is 4.38. The summed E-state index contributed by atoms with van der Waals surface area (Å²) < 4.78 is 7.56. The molecule has 1 heterocycles. The number of hydrogen-bond acceptors (Lipinski definition) is 3. The molecule has 4 nitrogen and oxygen atoms in total. The lowest BCUT2D eigenvalue weighted by Gasteiger charge is -2.10. The van der Waals surface area contributed by atoms with Crippen molar-refractivity contribution in [1.82, 2.24) is 9.55 Å². The van der Waals surface area contributed by atoms with Gasteiger partial charge in [0.15, 0.2) is 0 Å². The van der Waals surface area contributed by atoms with Crippen LogP contribution in [0.5, 0.6) is 5.75 Å². The highest BCUT2D eigenvalue weighted by Gasteiger charge is 2.02. The molecule has 0 fully saturated rings. The molecular formula is C15H21N3O. The number of unbranched alkanes of at least 4 members (excludes halogenated alkanes) is 1. The van der Waals surface area contributed by atoms with Crippen LogP contribution in [0.4, 0.5) is 11.6 Å². The normalized spacial score (nSPS) is 10.4. The minimum atomic E-state index is 0.689. The Morgan fingerprint density at radius 3 is 2.68 bits per heavy atom. The molecule has 0 atom stereocenters. The van der Waals surface area contributed by atoms with Gasteiger partial charge in [0.25, 0.3) is 0 Å². The molecule has 1 aromatic carbocycles. The van der Waals surface area contributed by atoms with Gasteiger partial charge in [0.2, 0.25) is 5.95 Å². The van der Waals surface area contributed by atoms with Crippen molar-refractivity contribution >= 4 is 11.6 Å². The monoisotopic (exact) mass is 259 g/mol. The van der Waals surface area contributed by atoms with E-state index in [0.29, 0.717) is 6.61 Å². The number of benzene rings is 1. The van der Waals surface area contributed by atoms with E-state index in [2.05, 4.69) is 21.8 Å². The van der Waals surface area contributed by atoms with Crippen molar-refractivity contribution in [1.29, 1.82) is 0 Å². The van der Waals surface area contributed by atoms with Gasteiger partial charge in [0.1, 0.15) is 5.75 Å². The summed E-state index contributed by atoms with van der Waals surface area (Å²) in [5.74, 6) is 1.78. The average molecular weight is 259 g/mol. The van der Waals surface area contributed by atoms with E-state index in [1.165, 1.54) is 6.42 Å². The number of rotatable bonds is 7. The van der Waals surface area contributed by atoms with Gasteiger partial charge in [-0.25, -0.2) is 4.98 Å². The lowest BCUT2D eigenvalue weighted by Crippen LogP contribution is -2.03. The molecule has 0 saturated heterocycles. The molecule has 0 aliphatic rings. The zero-order valence-corrected chi connectivity index (χ0v) is 11.6. The van der Waals surface area contributed by atoms with Crippen molar-refractivity contribution < 1.29 is 4.74 Å². The molecule has 0 aliphatic carbocycles. The fourth-order valence-electron chi connectivity index (χ4n) is 1.87. The van der Waals surface area contributed by atoms with E-state index in [9.17, 15) is 0 Å². The predicted molar refractivity (Wildman–Crippen MR) is 78.0 cm³/mol. The van der Waals surface area contributed by atoms with Crippen molar-refractivity contribution in [2.24, 2.45) is 0 Å². The molecule has 0 bridgehead atoms. The maximum atomic E-state index is 5.42. The molecule has 0 unspecified atom stereocenters. The SMILES string of the molecule is CCCCn1ccnc1Nc1ccc(OCC)cc1. The van der Waals surface area contributed by atoms with Crippen LogP contribution in [0.15, 0.2) is 36.7 Å². The standard InChI is InChI=1S/C15H21N3O/c1-3-5-11-18-12-10-16-15(18)17-13-6-8-14(9-7-13)19-4-2/h6-10,12H,3-5,11H2,1-2H3,(H,16,17). The third kappa shape index (κ3) is 3.74. The Labute approximate surface area is 114 Å². The van der Waals surface area contributed by atoms with Crippen molar-refractivity contribution in [3.8, 4) is 5.75 Å². The molecule has 4 heteroatoms. The van der Waals surface area contributed by atoms with Crippen LogP contribution in [-0.2, 0) is 6.54 Å². The fraction of sp³-hybridized carbons (Fsp3) is 0.400. The molecule has 0 saturated carbocycles. The zero-order chi connectivity index (χ0) is 13.5. The van der Waals surface area contributed by atoms with Gasteiger partial charge in [-0.3, -0.25) is 0 Å². The highest BCUT2D eigenvalue weighted by atomic mass is 16.5. The molecule has 0 radical (unpaired) electrons. The third-order valence-electron chi connectivity index (χ3n) is 2.89. The molecule has 19 heavy (non-hydrogen) atoms. The number of nitrogens with zero attached hydrogens (tertiary/aromatic N) is 2. The maximum Gasteiger partial charge on any atom is 0.207 e. The number of anilines is 2. The van der Waals surface area contributed by atoms with E-state index in [1.54, 1.807) is 0 Å². The topological polar surface area (TPSA) is 39.1 Å². The van der Waals surface area contributed by atoms with E-state index < -0.39 is 0 Å². The molecule has 1 N–H and O–H groups in total.